The SMILES string of the molecule is CCCNCCn1ccc2ccc(C#N)cc21. The van der Waals surface area contributed by atoms with Gasteiger partial charge in [0.1, 0.15) is 0 Å². The van der Waals surface area contributed by atoms with Crippen molar-refractivity contribution >= 4 is 10.9 Å². The highest BCUT2D eigenvalue weighted by molar-refractivity contribution is 5.81. The van der Waals surface area contributed by atoms with Crippen molar-refractivity contribution in [1.82, 2.24) is 9.88 Å². The van der Waals surface area contributed by atoms with Crippen LogP contribution in [-0.2, 0) is 6.54 Å². The Morgan fingerprint density at radius 1 is 1.29 bits per heavy atom. The summed E-state index contributed by atoms with van der Waals surface area (Å²) >= 11 is 0. The van der Waals surface area contributed by atoms with Crippen molar-refractivity contribution in [3.63, 3.8) is 0 Å². The van der Waals surface area contributed by atoms with Gasteiger partial charge in [0.25, 0.3) is 0 Å². The van der Waals surface area contributed by atoms with Crippen LogP contribution < -0.4 is 5.32 Å². The lowest BCUT2D eigenvalue weighted by atomic mass is 10.2. The van der Waals surface area contributed by atoms with Gasteiger partial charge in [-0.3, -0.25) is 0 Å². The molecule has 2 aromatic rings. The predicted molar refractivity (Wildman–Crippen MR) is 69.8 cm³/mol. The topological polar surface area (TPSA) is 40.8 Å². The maximum Gasteiger partial charge on any atom is 0.0992 e. The van der Waals surface area contributed by atoms with Gasteiger partial charge in [-0.2, -0.15) is 5.26 Å². The van der Waals surface area contributed by atoms with Crippen LogP contribution in [0.4, 0.5) is 0 Å². The van der Waals surface area contributed by atoms with E-state index < -0.39 is 0 Å². The van der Waals surface area contributed by atoms with Gasteiger partial charge in [0.15, 0.2) is 0 Å². The lowest BCUT2D eigenvalue weighted by molar-refractivity contribution is 0.604. The summed E-state index contributed by atoms with van der Waals surface area (Å²) in [4.78, 5) is 0. The lowest BCUT2D eigenvalue weighted by Crippen LogP contribution is -2.20. The Bertz CT molecular complexity index is 534. The molecule has 1 N–H and O–H groups in total. The van der Waals surface area contributed by atoms with E-state index in [2.05, 4.69) is 35.1 Å². The smallest absolute Gasteiger partial charge is 0.0992 e. The van der Waals surface area contributed by atoms with Crippen LogP contribution in [0, 0.1) is 11.3 Å². The van der Waals surface area contributed by atoms with Crippen molar-refractivity contribution in [2.45, 2.75) is 19.9 Å². The monoisotopic (exact) mass is 227 g/mol. The van der Waals surface area contributed by atoms with Gasteiger partial charge >= 0.3 is 0 Å². The van der Waals surface area contributed by atoms with Crippen LogP contribution in [0.5, 0.6) is 0 Å². The number of rotatable bonds is 5. The Hall–Kier alpha value is -1.79. The highest BCUT2D eigenvalue weighted by atomic mass is 15.0. The second kappa shape index (κ2) is 5.51. The largest absolute Gasteiger partial charge is 0.346 e. The number of nitrogens with zero attached hydrogens (tertiary/aromatic N) is 2. The molecular formula is C14H17N3. The molecule has 1 aromatic heterocycles. The molecule has 0 aliphatic rings. The molecule has 1 aromatic carbocycles. The molecule has 0 spiro atoms. The molecule has 0 saturated heterocycles. The van der Waals surface area contributed by atoms with E-state index in [1.54, 1.807) is 0 Å². The second-order valence-electron chi connectivity index (χ2n) is 4.14. The quantitative estimate of drug-likeness (QED) is 0.797. The molecule has 0 bridgehead atoms. The van der Waals surface area contributed by atoms with Crippen LogP contribution in [0.1, 0.15) is 18.9 Å². The summed E-state index contributed by atoms with van der Waals surface area (Å²) in [6.45, 7) is 5.13. The van der Waals surface area contributed by atoms with Crippen LogP contribution in [0.2, 0.25) is 0 Å². The molecule has 2 rings (SSSR count). The van der Waals surface area contributed by atoms with Gasteiger partial charge in [-0.1, -0.05) is 13.0 Å². The molecule has 0 atom stereocenters. The highest BCUT2D eigenvalue weighted by Gasteiger charge is 2.01. The Morgan fingerprint density at radius 3 is 2.94 bits per heavy atom. The number of aromatic nitrogens is 1. The first-order valence-corrected chi connectivity index (χ1v) is 6.05. The van der Waals surface area contributed by atoms with Crippen LogP contribution in [0.3, 0.4) is 0 Å². The number of hydrogen-bond acceptors (Lipinski definition) is 2. The first kappa shape index (κ1) is 11.7. The van der Waals surface area contributed by atoms with Crippen LogP contribution in [0.15, 0.2) is 30.5 Å². The molecule has 3 nitrogen and oxygen atoms in total. The number of fused-ring (bicyclic) bond motifs is 1. The Kier molecular flexibility index (Phi) is 3.79. The second-order valence-corrected chi connectivity index (χ2v) is 4.14. The summed E-state index contributed by atoms with van der Waals surface area (Å²) in [5.74, 6) is 0. The summed E-state index contributed by atoms with van der Waals surface area (Å²) in [6.07, 6.45) is 3.24. The lowest BCUT2D eigenvalue weighted by Gasteiger charge is -2.06. The minimum absolute atomic E-state index is 0.721. The number of benzene rings is 1. The molecule has 88 valence electrons. The maximum absolute atomic E-state index is 8.90. The van der Waals surface area contributed by atoms with Gasteiger partial charge in [-0.05, 0) is 36.6 Å². The van der Waals surface area contributed by atoms with Gasteiger partial charge < -0.3 is 9.88 Å². The summed E-state index contributed by atoms with van der Waals surface area (Å²) in [7, 11) is 0. The Balaban J connectivity index is 2.14. The van der Waals surface area contributed by atoms with Crippen molar-refractivity contribution in [3.8, 4) is 6.07 Å². The third-order valence-corrected chi connectivity index (χ3v) is 2.86. The van der Waals surface area contributed by atoms with Gasteiger partial charge in [-0.25, -0.2) is 0 Å². The number of nitrogens with one attached hydrogen (secondary N) is 1. The van der Waals surface area contributed by atoms with Gasteiger partial charge in [0.05, 0.1) is 11.6 Å². The zero-order chi connectivity index (χ0) is 12.1. The van der Waals surface area contributed by atoms with Crippen LogP contribution in [-0.4, -0.2) is 17.7 Å². The molecule has 17 heavy (non-hydrogen) atoms. The zero-order valence-electron chi connectivity index (χ0n) is 10.1. The third kappa shape index (κ3) is 2.66. The van der Waals surface area contributed by atoms with Crippen LogP contribution >= 0.6 is 0 Å². The average Bonchev–Trinajstić information content (AvgIpc) is 2.77. The molecule has 3 heteroatoms. The van der Waals surface area contributed by atoms with Crippen molar-refractivity contribution < 1.29 is 0 Å². The fraction of sp³-hybridized carbons (Fsp3) is 0.357. The van der Waals surface area contributed by atoms with Crippen molar-refractivity contribution in [2.24, 2.45) is 0 Å². The Morgan fingerprint density at radius 2 is 2.18 bits per heavy atom. The van der Waals surface area contributed by atoms with Gasteiger partial charge in [0.2, 0.25) is 0 Å². The van der Waals surface area contributed by atoms with Crippen LogP contribution in [0.25, 0.3) is 10.9 Å². The van der Waals surface area contributed by atoms with Crippen molar-refractivity contribution in [3.05, 3.63) is 36.0 Å². The van der Waals surface area contributed by atoms with Gasteiger partial charge in [-0.15, -0.1) is 0 Å². The van der Waals surface area contributed by atoms with E-state index in [1.165, 1.54) is 5.39 Å². The van der Waals surface area contributed by atoms with E-state index in [-0.39, 0.29) is 0 Å². The predicted octanol–water partition coefficient (Wildman–Crippen LogP) is 2.51. The third-order valence-electron chi connectivity index (χ3n) is 2.86. The fourth-order valence-corrected chi connectivity index (χ4v) is 1.95. The summed E-state index contributed by atoms with van der Waals surface area (Å²) in [6, 6.07) is 10.1. The molecule has 0 aliphatic carbocycles. The molecule has 0 amide bonds. The molecular weight excluding hydrogens is 210 g/mol. The van der Waals surface area contributed by atoms with E-state index in [1.807, 2.05) is 18.2 Å². The maximum atomic E-state index is 8.90. The number of nitriles is 1. The molecule has 1 heterocycles. The zero-order valence-corrected chi connectivity index (χ0v) is 10.1. The highest BCUT2D eigenvalue weighted by Crippen LogP contribution is 2.17. The van der Waals surface area contributed by atoms with E-state index >= 15 is 0 Å². The van der Waals surface area contributed by atoms with Gasteiger partial charge in [0, 0.05) is 24.8 Å². The number of hydrogen-bond donors (Lipinski definition) is 1. The normalized spacial score (nSPS) is 10.6. The fourth-order valence-electron chi connectivity index (χ4n) is 1.95. The first-order chi connectivity index (χ1) is 8.35. The Labute approximate surface area is 102 Å². The molecule has 0 unspecified atom stereocenters. The summed E-state index contributed by atoms with van der Waals surface area (Å²) in [5, 5.41) is 13.5. The minimum atomic E-state index is 0.721. The summed E-state index contributed by atoms with van der Waals surface area (Å²) in [5.41, 5.74) is 1.86. The molecule has 0 aliphatic heterocycles. The molecule has 0 radical (unpaired) electrons. The first-order valence-electron chi connectivity index (χ1n) is 6.05. The van der Waals surface area contributed by atoms with E-state index in [4.69, 9.17) is 5.26 Å². The van der Waals surface area contributed by atoms with Crippen molar-refractivity contribution in [2.75, 3.05) is 13.1 Å². The van der Waals surface area contributed by atoms with E-state index in [9.17, 15) is 0 Å². The summed E-state index contributed by atoms with van der Waals surface area (Å²) < 4.78 is 2.19. The van der Waals surface area contributed by atoms with E-state index in [0.29, 0.717) is 0 Å². The minimum Gasteiger partial charge on any atom is -0.346 e. The molecule has 0 saturated carbocycles. The molecule has 0 fully saturated rings. The van der Waals surface area contributed by atoms with Crippen molar-refractivity contribution in [1.29, 1.82) is 5.26 Å². The standard InChI is InChI=1S/C14H17N3/c1-2-6-16-7-9-17-8-5-13-4-3-12(11-15)10-14(13)17/h3-5,8,10,16H,2,6-7,9H2,1H3. The average molecular weight is 227 g/mol. The van der Waals surface area contributed by atoms with E-state index in [0.717, 1.165) is 37.1 Å².